The summed E-state index contributed by atoms with van der Waals surface area (Å²) in [7, 11) is 0. The molecular weight excluding hydrogens is 639 g/mol. The Morgan fingerprint density at radius 1 is 0.541 bits per heavy atom. The van der Waals surface area contributed by atoms with Gasteiger partial charge >= 0.3 is 0 Å². The second kappa shape index (κ2) is 11.2. The zero-order chi connectivity index (χ0) is 26.1. The minimum Gasteiger partial charge on any atom is -0.507 e. The molecule has 0 radical (unpaired) electrons. The number of rotatable bonds is 5. The summed E-state index contributed by atoms with van der Waals surface area (Å²) in [6, 6.07) is 22.9. The smallest absolute Gasteiger partial charge is 0.124 e. The van der Waals surface area contributed by atoms with Gasteiger partial charge in [-0.05, 0) is 83.3 Å². The molecule has 4 nitrogen and oxygen atoms in total. The molecule has 196 valence electrons. The summed E-state index contributed by atoms with van der Waals surface area (Å²) < 4.78 is 0. The van der Waals surface area contributed by atoms with Gasteiger partial charge in [0, 0.05) is 32.2 Å². The van der Waals surface area contributed by atoms with E-state index in [1.807, 2.05) is 36.4 Å². The Bertz CT molecular complexity index is 1280. The first-order valence-corrected chi connectivity index (χ1v) is 12.5. The van der Waals surface area contributed by atoms with Gasteiger partial charge in [0.2, 0.25) is 0 Å². The van der Waals surface area contributed by atoms with Crippen molar-refractivity contribution < 1.29 is 31.3 Å². The number of aromatic hydroxyl groups is 2. The van der Waals surface area contributed by atoms with Crippen LogP contribution in [0.1, 0.15) is 52.7 Å². The van der Waals surface area contributed by atoms with Crippen LogP contribution in [0.5, 0.6) is 11.5 Å². The van der Waals surface area contributed by atoms with Crippen molar-refractivity contribution in [2.75, 3.05) is 0 Å². The van der Waals surface area contributed by atoms with E-state index in [9.17, 15) is 10.2 Å². The van der Waals surface area contributed by atoms with E-state index in [1.54, 1.807) is 12.1 Å². The summed E-state index contributed by atoms with van der Waals surface area (Å²) in [5.41, 5.74) is 6.77. The van der Waals surface area contributed by atoms with E-state index in [0.29, 0.717) is 11.1 Å². The monoisotopic (exact) mass is 675 g/mol. The van der Waals surface area contributed by atoms with E-state index in [4.69, 9.17) is 9.97 Å². The van der Waals surface area contributed by atoms with Gasteiger partial charge in [0.1, 0.15) is 11.5 Å². The molecule has 4 rings (SSSR count). The largest absolute Gasteiger partial charge is 0.507 e. The van der Waals surface area contributed by atoms with Gasteiger partial charge in [0.25, 0.3) is 0 Å². The fourth-order valence-corrected chi connectivity index (χ4v) is 4.52. The molecule has 0 aliphatic heterocycles. The number of benzene rings is 2. The first-order valence-electron chi connectivity index (χ1n) is 12.5. The summed E-state index contributed by atoms with van der Waals surface area (Å²) in [5.74, 6) is 0.404. The van der Waals surface area contributed by atoms with Gasteiger partial charge in [0.15, 0.2) is 0 Å². The number of nitrogens with zero attached hydrogens (tertiary/aromatic N) is 2. The van der Waals surface area contributed by atoms with Gasteiger partial charge in [-0.1, -0.05) is 65.8 Å². The van der Waals surface area contributed by atoms with Gasteiger partial charge in [-0.25, -0.2) is 9.97 Å². The molecule has 0 saturated heterocycles. The molecule has 2 aromatic heterocycles. The third kappa shape index (κ3) is 7.52. The zero-order valence-corrected chi connectivity index (χ0v) is 24.7. The molecule has 5 heteroatoms. The number of para-hydroxylation sites is 2. The molecule has 0 unspecified atom stereocenters. The van der Waals surface area contributed by atoms with Gasteiger partial charge in [-0.3, -0.25) is 0 Å². The van der Waals surface area contributed by atoms with Crippen LogP contribution < -0.4 is 0 Å². The number of hydrogen-bond acceptors (Lipinski definition) is 4. The fraction of sp³-hybridized carbons (Fsp3) is 0.312. The quantitative estimate of drug-likeness (QED) is 0.225. The average molecular weight is 676 g/mol. The minimum absolute atomic E-state index is 0. The average Bonchev–Trinajstić information content (AvgIpc) is 2.77. The summed E-state index contributed by atoms with van der Waals surface area (Å²) in [4.78, 5) is 9.95. The van der Waals surface area contributed by atoms with E-state index < -0.39 is 0 Å². The molecule has 0 spiro atoms. The second-order valence-corrected chi connectivity index (χ2v) is 12.0. The number of pyridine rings is 2. The summed E-state index contributed by atoms with van der Waals surface area (Å²) >= 11 is 0. The molecule has 4 aromatic rings. The van der Waals surface area contributed by atoms with Crippen molar-refractivity contribution in [1.29, 1.82) is 0 Å². The maximum Gasteiger partial charge on any atom is 0.124 e. The SMILES string of the molecule is CC(C)(C)Cc1cc(-c2cc(CC(C)(C)C)cc(-c3ccccc3O)n2)nc(-c2ccccc2O)c1.[Pt]. The number of aromatic nitrogens is 2. The number of hydrogen-bond donors (Lipinski definition) is 2. The molecular formula is C32H36N2O2Pt. The van der Waals surface area contributed by atoms with Crippen LogP contribution in [-0.2, 0) is 33.9 Å². The second-order valence-electron chi connectivity index (χ2n) is 12.0. The number of phenols is 2. The Kier molecular flexibility index (Phi) is 8.65. The molecule has 2 aromatic carbocycles. The van der Waals surface area contributed by atoms with Crippen molar-refractivity contribution in [2.24, 2.45) is 10.8 Å². The van der Waals surface area contributed by atoms with Crippen molar-refractivity contribution in [3.63, 3.8) is 0 Å². The van der Waals surface area contributed by atoms with Crippen LogP contribution >= 0.6 is 0 Å². The van der Waals surface area contributed by atoms with Gasteiger partial charge in [-0.2, -0.15) is 0 Å². The Labute approximate surface area is 235 Å². The molecule has 0 saturated carbocycles. The van der Waals surface area contributed by atoms with E-state index in [0.717, 1.165) is 46.7 Å². The van der Waals surface area contributed by atoms with Gasteiger partial charge in [-0.15, -0.1) is 0 Å². The van der Waals surface area contributed by atoms with E-state index in [-0.39, 0.29) is 43.4 Å². The van der Waals surface area contributed by atoms with Gasteiger partial charge in [0.05, 0.1) is 22.8 Å². The molecule has 0 aliphatic rings. The fourth-order valence-electron chi connectivity index (χ4n) is 4.52. The summed E-state index contributed by atoms with van der Waals surface area (Å²) in [6.07, 6.45) is 1.72. The molecule has 37 heavy (non-hydrogen) atoms. The van der Waals surface area contributed by atoms with Crippen molar-refractivity contribution in [1.82, 2.24) is 9.97 Å². The molecule has 0 bridgehead atoms. The number of phenolic OH excluding ortho intramolecular Hbond substituents is 2. The maximum absolute atomic E-state index is 10.6. The standard InChI is InChI=1S/C32H36N2O2.Pt/c1-31(2,3)19-21-15-25(23-11-7-9-13-29(23)35)33-27(17-21)28-18-22(20-32(4,5)6)16-26(34-28)24-12-8-10-14-30(24)36;/h7-18,35-36H,19-20H2,1-6H3;. The van der Waals surface area contributed by atoms with Crippen molar-refractivity contribution in [3.05, 3.63) is 83.9 Å². The van der Waals surface area contributed by atoms with Crippen molar-refractivity contribution in [3.8, 4) is 45.4 Å². The molecule has 0 aliphatic carbocycles. The maximum atomic E-state index is 10.6. The third-order valence-corrected chi connectivity index (χ3v) is 5.86. The van der Waals surface area contributed by atoms with Crippen molar-refractivity contribution >= 4 is 0 Å². The predicted molar refractivity (Wildman–Crippen MR) is 148 cm³/mol. The Morgan fingerprint density at radius 3 is 1.19 bits per heavy atom. The van der Waals surface area contributed by atoms with Crippen LogP contribution in [0, 0.1) is 10.8 Å². The zero-order valence-electron chi connectivity index (χ0n) is 22.4. The van der Waals surface area contributed by atoms with Crippen LogP contribution in [0.25, 0.3) is 33.9 Å². The van der Waals surface area contributed by atoms with E-state index >= 15 is 0 Å². The normalized spacial score (nSPS) is 11.7. The van der Waals surface area contributed by atoms with Crippen LogP contribution in [0.2, 0.25) is 0 Å². The van der Waals surface area contributed by atoms with Crippen LogP contribution in [0.15, 0.2) is 72.8 Å². The van der Waals surface area contributed by atoms with E-state index in [1.165, 1.54) is 0 Å². The third-order valence-electron chi connectivity index (χ3n) is 5.86. The first kappa shape index (κ1) is 28.6. The first-order chi connectivity index (χ1) is 16.9. The minimum atomic E-state index is 0. The molecule has 0 atom stereocenters. The van der Waals surface area contributed by atoms with Gasteiger partial charge < -0.3 is 10.2 Å². The predicted octanol–water partition coefficient (Wildman–Crippen LogP) is 8.06. The van der Waals surface area contributed by atoms with Crippen molar-refractivity contribution in [2.45, 2.75) is 54.4 Å². The molecule has 2 N–H and O–H groups in total. The topological polar surface area (TPSA) is 66.2 Å². The molecule has 0 amide bonds. The van der Waals surface area contributed by atoms with E-state index in [2.05, 4.69) is 65.8 Å². The van der Waals surface area contributed by atoms with Crippen LogP contribution in [-0.4, -0.2) is 20.2 Å². The Hall–Kier alpha value is -2.97. The summed E-state index contributed by atoms with van der Waals surface area (Å²) in [5, 5.41) is 21.1. The molecule has 0 fully saturated rings. The Morgan fingerprint density at radius 2 is 0.865 bits per heavy atom. The molecule has 2 heterocycles. The Balaban J connectivity index is 0.00000380. The summed E-state index contributed by atoms with van der Waals surface area (Å²) in [6.45, 7) is 13.3. The van der Waals surface area contributed by atoms with Crippen LogP contribution in [0.3, 0.4) is 0 Å². The van der Waals surface area contributed by atoms with Crippen LogP contribution in [0.4, 0.5) is 0 Å².